The molecule has 0 radical (unpaired) electrons. The van der Waals surface area contributed by atoms with Gasteiger partial charge in [-0.05, 0) is 17.7 Å². The number of benzene rings is 1. The molecule has 0 aliphatic heterocycles. The van der Waals surface area contributed by atoms with Crippen LogP contribution in [0.4, 0.5) is 8.78 Å². The minimum atomic E-state index is -3.31. The lowest BCUT2D eigenvalue weighted by Crippen LogP contribution is -2.21. The fraction of sp³-hybridized carbons (Fsp3) is 0.400. The lowest BCUT2D eigenvalue weighted by Gasteiger charge is -2.11. The van der Waals surface area contributed by atoms with Crippen LogP contribution in [0.15, 0.2) is 18.2 Å². The molecule has 0 aliphatic carbocycles. The van der Waals surface area contributed by atoms with E-state index in [0.717, 1.165) is 6.26 Å². The van der Waals surface area contributed by atoms with Crippen molar-refractivity contribution in [1.29, 1.82) is 0 Å². The molecule has 0 bridgehead atoms. The maximum Gasteiger partial charge on any atom is 0.387 e. The van der Waals surface area contributed by atoms with E-state index in [4.69, 9.17) is 4.74 Å². The quantitative estimate of drug-likeness (QED) is 0.854. The average molecular weight is 281 g/mol. The van der Waals surface area contributed by atoms with Crippen molar-refractivity contribution in [3.63, 3.8) is 0 Å². The molecule has 0 unspecified atom stereocenters. The van der Waals surface area contributed by atoms with Crippen LogP contribution in [0, 0.1) is 0 Å². The Morgan fingerprint density at radius 2 is 2.00 bits per heavy atom. The Balaban J connectivity index is 2.85. The zero-order valence-electron chi connectivity index (χ0n) is 9.81. The third-order valence-electron chi connectivity index (χ3n) is 1.98. The number of rotatable bonds is 6. The highest BCUT2D eigenvalue weighted by Gasteiger charge is 2.11. The molecule has 102 valence electrons. The van der Waals surface area contributed by atoms with Crippen molar-refractivity contribution in [3.05, 3.63) is 23.8 Å². The summed E-state index contributed by atoms with van der Waals surface area (Å²) < 4.78 is 57.4. The van der Waals surface area contributed by atoms with Gasteiger partial charge in [0.05, 0.1) is 13.4 Å². The average Bonchev–Trinajstić information content (AvgIpc) is 2.26. The molecular formula is C10H13F2NO4S. The first-order chi connectivity index (χ1) is 8.31. The number of alkyl halides is 2. The van der Waals surface area contributed by atoms with Crippen LogP contribution in [-0.2, 0) is 16.6 Å². The minimum absolute atomic E-state index is 0.0458. The van der Waals surface area contributed by atoms with Crippen LogP contribution in [0.25, 0.3) is 0 Å². The highest BCUT2D eigenvalue weighted by atomic mass is 32.2. The molecule has 0 spiro atoms. The SMILES string of the molecule is COc1cc(CNS(C)(=O)=O)ccc1OC(F)F. The van der Waals surface area contributed by atoms with E-state index in [1.165, 1.54) is 25.3 Å². The van der Waals surface area contributed by atoms with Gasteiger partial charge < -0.3 is 9.47 Å². The molecule has 0 fully saturated rings. The molecule has 0 heterocycles. The molecule has 1 aromatic rings. The number of ether oxygens (including phenoxy) is 2. The summed E-state index contributed by atoms with van der Waals surface area (Å²) in [6.07, 6.45) is 1.03. The van der Waals surface area contributed by atoms with Crippen LogP contribution in [0.2, 0.25) is 0 Å². The summed E-state index contributed by atoms with van der Waals surface area (Å²) in [5.41, 5.74) is 0.568. The number of halogens is 2. The predicted octanol–water partition coefficient (Wildman–Crippen LogP) is 1.35. The molecule has 0 aliphatic rings. The first-order valence-corrected chi connectivity index (χ1v) is 6.77. The number of hydrogen-bond acceptors (Lipinski definition) is 4. The third-order valence-corrected chi connectivity index (χ3v) is 2.65. The van der Waals surface area contributed by atoms with E-state index in [1.54, 1.807) is 0 Å². The monoisotopic (exact) mass is 281 g/mol. The number of sulfonamides is 1. The van der Waals surface area contributed by atoms with Gasteiger partial charge in [0.1, 0.15) is 0 Å². The van der Waals surface area contributed by atoms with Crippen LogP contribution in [0.1, 0.15) is 5.56 Å². The van der Waals surface area contributed by atoms with Crippen molar-refractivity contribution in [3.8, 4) is 11.5 Å². The molecule has 8 heteroatoms. The molecular weight excluding hydrogens is 268 g/mol. The zero-order valence-corrected chi connectivity index (χ0v) is 10.6. The highest BCUT2D eigenvalue weighted by molar-refractivity contribution is 7.88. The van der Waals surface area contributed by atoms with Gasteiger partial charge in [-0.25, -0.2) is 13.1 Å². The lowest BCUT2D eigenvalue weighted by atomic mass is 10.2. The summed E-state index contributed by atoms with van der Waals surface area (Å²) >= 11 is 0. The maximum absolute atomic E-state index is 12.1. The number of nitrogens with one attached hydrogen (secondary N) is 1. The van der Waals surface area contributed by atoms with Crippen LogP contribution in [-0.4, -0.2) is 28.4 Å². The summed E-state index contributed by atoms with van der Waals surface area (Å²) in [5, 5.41) is 0. The van der Waals surface area contributed by atoms with Gasteiger partial charge in [0.25, 0.3) is 0 Å². The normalized spacial score (nSPS) is 11.6. The van der Waals surface area contributed by atoms with E-state index in [0.29, 0.717) is 5.56 Å². The van der Waals surface area contributed by atoms with E-state index in [2.05, 4.69) is 9.46 Å². The van der Waals surface area contributed by atoms with Gasteiger partial charge in [-0.15, -0.1) is 0 Å². The highest BCUT2D eigenvalue weighted by Crippen LogP contribution is 2.29. The molecule has 18 heavy (non-hydrogen) atoms. The lowest BCUT2D eigenvalue weighted by molar-refractivity contribution is -0.0512. The molecule has 1 rings (SSSR count). The largest absolute Gasteiger partial charge is 0.493 e. The smallest absolute Gasteiger partial charge is 0.387 e. The molecule has 0 saturated heterocycles. The van der Waals surface area contributed by atoms with E-state index < -0.39 is 16.6 Å². The Morgan fingerprint density at radius 1 is 1.33 bits per heavy atom. The molecule has 0 atom stereocenters. The van der Waals surface area contributed by atoms with Crippen LogP contribution in [0.3, 0.4) is 0 Å². The van der Waals surface area contributed by atoms with Gasteiger partial charge in [-0.3, -0.25) is 0 Å². The Morgan fingerprint density at radius 3 is 2.50 bits per heavy atom. The maximum atomic E-state index is 12.1. The molecule has 0 amide bonds. The second-order valence-electron chi connectivity index (χ2n) is 3.46. The van der Waals surface area contributed by atoms with Crippen molar-refractivity contribution in [1.82, 2.24) is 4.72 Å². The summed E-state index contributed by atoms with van der Waals surface area (Å²) in [7, 11) is -2.01. The Labute approximate surface area is 104 Å². The van der Waals surface area contributed by atoms with Crippen LogP contribution < -0.4 is 14.2 Å². The van der Waals surface area contributed by atoms with E-state index in [9.17, 15) is 17.2 Å². The van der Waals surface area contributed by atoms with Gasteiger partial charge in [0.15, 0.2) is 11.5 Å². The van der Waals surface area contributed by atoms with Crippen molar-refractivity contribution >= 4 is 10.0 Å². The van der Waals surface area contributed by atoms with Gasteiger partial charge in [-0.1, -0.05) is 6.07 Å². The minimum Gasteiger partial charge on any atom is -0.493 e. The van der Waals surface area contributed by atoms with Gasteiger partial charge >= 0.3 is 6.61 Å². The standard InChI is InChI=1S/C10H13F2NO4S/c1-16-9-5-7(6-13-18(2,14)15)3-4-8(9)17-10(11)12/h3-5,10,13H,6H2,1-2H3. The van der Waals surface area contributed by atoms with Gasteiger partial charge in [-0.2, -0.15) is 8.78 Å². The third kappa shape index (κ3) is 4.84. The summed E-state index contributed by atoms with van der Waals surface area (Å²) in [4.78, 5) is 0. The van der Waals surface area contributed by atoms with E-state index >= 15 is 0 Å². The zero-order chi connectivity index (χ0) is 13.8. The number of hydrogen-bond donors (Lipinski definition) is 1. The van der Waals surface area contributed by atoms with Crippen molar-refractivity contribution in [2.45, 2.75) is 13.2 Å². The topological polar surface area (TPSA) is 64.6 Å². The van der Waals surface area contributed by atoms with Gasteiger partial charge in [0, 0.05) is 6.54 Å². The summed E-state index contributed by atoms with van der Waals surface area (Å²) in [5.74, 6) is 0.0127. The second kappa shape index (κ2) is 5.96. The Bertz CT molecular complexity index is 505. The van der Waals surface area contributed by atoms with Crippen molar-refractivity contribution in [2.75, 3.05) is 13.4 Å². The second-order valence-corrected chi connectivity index (χ2v) is 5.29. The van der Waals surface area contributed by atoms with E-state index in [-0.39, 0.29) is 18.0 Å². The molecule has 0 saturated carbocycles. The fourth-order valence-corrected chi connectivity index (χ4v) is 1.66. The van der Waals surface area contributed by atoms with Crippen LogP contribution in [0.5, 0.6) is 11.5 Å². The molecule has 0 aromatic heterocycles. The Hall–Kier alpha value is -1.41. The van der Waals surface area contributed by atoms with Crippen molar-refractivity contribution in [2.24, 2.45) is 0 Å². The Kier molecular flexibility index (Phi) is 4.85. The first kappa shape index (κ1) is 14.7. The molecule has 1 N–H and O–H groups in total. The summed E-state index contributed by atoms with van der Waals surface area (Å²) in [6, 6.07) is 4.19. The van der Waals surface area contributed by atoms with Crippen molar-refractivity contribution < 1.29 is 26.7 Å². The molecule has 1 aromatic carbocycles. The first-order valence-electron chi connectivity index (χ1n) is 4.88. The van der Waals surface area contributed by atoms with Crippen LogP contribution >= 0.6 is 0 Å². The molecule has 5 nitrogen and oxygen atoms in total. The van der Waals surface area contributed by atoms with Gasteiger partial charge in [0.2, 0.25) is 10.0 Å². The van der Waals surface area contributed by atoms with E-state index in [1.807, 2.05) is 0 Å². The predicted molar refractivity (Wildman–Crippen MR) is 61.3 cm³/mol. The number of methoxy groups -OCH3 is 1. The summed E-state index contributed by atoms with van der Waals surface area (Å²) in [6.45, 7) is -2.90. The fourth-order valence-electron chi connectivity index (χ4n) is 1.23.